The van der Waals surface area contributed by atoms with E-state index in [1.165, 1.54) is 0 Å². The smallest absolute Gasteiger partial charge is 0.308 e. The number of carbonyl (C=O) groups excluding carboxylic acids is 1. The van der Waals surface area contributed by atoms with Crippen molar-refractivity contribution in [3.8, 4) is 5.75 Å². The van der Waals surface area contributed by atoms with Crippen LogP contribution in [0.1, 0.15) is 12.5 Å². The van der Waals surface area contributed by atoms with Crippen molar-refractivity contribution < 1.29 is 19.4 Å². The van der Waals surface area contributed by atoms with Gasteiger partial charge in [-0.3, -0.25) is 9.59 Å². The van der Waals surface area contributed by atoms with Gasteiger partial charge in [0.1, 0.15) is 5.75 Å². The standard InChI is InChI=1S/C17H20N2O4/c1-10-8-19(9-14(10)17(21)22)16(20)5-11-7-18-15-4-3-12(23-2)6-13(11)15/h3-4,6-7,10,14,18H,5,8-9H2,1-2H3,(H,21,22)/t10-,14-/m1/s1. The van der Waals surface area contributed by atoms with Gasteiger partial charge >= 0.3 is 5.97 Å². The maximum atomic E-state index is 12.5. The van der Waals surface area contributed by atoms with Crippen molar-refractivity contribution in [3.05, 3.63) is 30.0 Å². The summed E-state index contributed by atoms with van der Waals surface area (Å²) < 4.78 is 5.23. The Morgan fingerprint density at radius 1 is 1.39 bits per heavy atom. The summed E-state index contributed by atoms with van der Waals surface area (Å²) in [5, 5.41) is 10.1. The van der Waals surface area contributed by atoms with Crippen molar-refractivity contribution in [2.24, 2.45) is 11.8 Å². The maximum absolute atomic E-state index is 12.5. The van der Waals surface area contributed by atoms with E-state index in [0.29, 0.717) is 13.1 Å². The summed E-state index contributed by atoms with van der Waals surface area (Å²) in [5.41, 5.74) is 1.85. The van der Waals surface area contributed by atoms with E-state index in [9.17, 15) is 14.7 Å². The lowest BCUT2D eigenvalue weighted by molar-refractivity contribution is -0.142. The van der Waals surface area contributed by atoms with Crippen molar-refractivity contribution in [1.29, 1.82) is 0 Å². The van der Waals surface area contributed by atoms with Crippen LogP contribution in [0.3, 0.4) is 0 Å². The molecule has 1 saturated heterocycles. The van der Waals surface area contributed by atoms with Crippen molar-refractivity contribution >= 4 is 22.8 Å². The minimum Gasteiger partial charge on any atom is -0.497 e. The number of amides is 1. The SMILES string of the molecule is COc1ccc2[nH]cc(CC(=O)N3C[C@@H](C)[C@H](C(=O)O)C3)c2c1. The number of rotatable bonds is 4. The van der Waals surface area contributed by atoms with Gasteiger partial charge in [0, 0.05) is 30.2 Å². The molecule has 0 aliphatic carbocycles. The third-order valence-electron chi connectivity index (χ3n) is 4.60. The second kappa shape index (κ2) is 5.95. The van der Waals surface area contributed by atoms with Gasteiger partial charge < -0.3 is 19.7 Å². The molecule has 0 unspecified atom stereocenters. The number of aliphatic carboxylic acids is 1. The Bertz CT molecular complexity index is 752. The van der Waals surface area contributed by atoms with Crippen molar-refractivity contribution in [3.63, 3.8) is 0 Å². The zero-order valence-electron chi connectivity index (χ0n) is 13.2. The lowest BCUT2D eigenvalue weighted by Gasteiger charge is -2.15. The highest BCUT2D eigenvalue weighted by Gasteiger charge is 2.36. The highest BCUT2D eigenvalue weighted by Crippen LogP contribution is 2.27. The van der Waals surface area contributed by atoms with E-state index in [1.807, 2.05) is 31.3 Å². The lowest BCUT2D eigenvalue weighted by Crippen LogP contribution is -2.31. The Hall–Kier alpha value is -2.50. The molecule has 0 bridgehead atoms. The van der Waals surface area contributed by atoms with Crippen molar-refractivity contribution in [2.75, 3.05) is 20.2 Å². The number of methoxy groups -OCH3 is 1. The molecule has 1 fully saturated rings. The van der Waals surface area contributed by atoms with Gasteiger partial charge in [0.15, 0.2) is 0 Å². The first-order valence-corrected chi connectivity index (χ1v) is 7.64. The predicted octanol–water partition coefficient (Wildman–Crippen LogP) is 1.90. The molecule has 0 saturated carbocycles. The number of aromatic nitrogens is 1. The molecule has 0 radical (unpaired) electrons. The van der Waals surface area contributed by atoms with Gasteiger partial charge in [-0.15, -0.1) is 0 Å². The highest BCUT2D eigenvalue weighted by atomic mass is 16.5. The first kappa shape index (κ1) is 15.4. The van der Waals surface area contributed by atoms with E-state index in [-0.39, 0.29) is 18.2 Å². The molecule has 6 nitrogen and oxygen atoms in total. The van der Waals surface area contributed by atoms with Crippen molar-refractivity contribution in [1.82, 2.24) is 9.88 Å². The summed E-state index contributed by atoms with van der Waals surface area (Å²) in [4.78, 5) is 28.5. The average Bonchev–Trinajstić information content (AvgIpc) is 3.11. The highest BCUT2D eigenvalue weighted by molar-refractivity contribution is 5.90. The number of nitrogens with one attached hydrogen (secondary N) is 1. The fraction of sp³-hybridized carbons (Fsp3) is 0.412. The molecule has 2 N–H and O–H groups in total. The van der Waals surface area contributed by atoms with E-state index in [4.69, 9.17) is 4.74 Å². The largest absolute Gasteiger partial charge is 0.497 e. The number of H-pyrrole nitrogens is 1. The Morgan fingerprint density at radius 2 is 2.17 bits per heavy atom. The second-order valence-electron chi connectivity index (χ2n) is 6.12. The van der Waals surface area contributed by atoms with Gasteiger partial charge in [0.05, 0.1) is 19.4 Å². The number of carbonyl (C=O) groups is 2. The number of fused-ring (bicyclic) bond motifs is 1. The van der Waals surface area contributed by atoms with Crippen LogP contribution >= 0.6 is 0 Å². The topological polar surface area (TPSA) is 82.6 Å². The van der Waals surface area contributed by atoms with E-state index in [0.717, 1.165) is 22.2 Å². The van der Waals surface area contributed by atoms with Crippen LogP contribution in [0.5, 0.6) is 5.75 Å². The molecule has 0 spiro atoms. The molecule has 3 rings (SSSR count). The zero-order valence-corrected chi connectivity index (χ0v) is 13.2. The Morgan fingerprint density at radius 3 is 2.83 bits per heavy atom. The van der Waals surface area contributed by atoms with E-state index < -0.39 is 11.9 Å². The van der Waals surface area contributed by atoms with Gasteiger partial charge in [0.25, 0.3) is 0 Å². The number of aromatic amines is 1. The number of carboxylic acid groups (broad SMARTS) is 1. The molecule has 122 valence electrons. The van der Waals surface area contributed by atoms with Crippen LogP contribution in [0.4, 0.5) is 0 Å². The molecule has 2 aromatic rings. The third-order valence-corrected chi connectivity index (χ3v) is 4.60. The van der Waals surface area contributed by atoms with Crippen LogP contribution in [-0.4, -0.2) is 47.1 Å². The number of hydrogen-bond acceptors (Lipinski definition) is 3. The molecule has 23 heavy (non-hydrogen) atoms. The fourth-order valence-electron chi connectivity index (χ4n) is 3.20. The van der Waals surface area contributed by atoms with Crippen molar-refractivity contribution in [2.45, 2.75) is 13.3 Å². The average molecular weight is 316 g/mol. The lowest BCUT2D eigenvalue weighted by atomic mass is 9.99. The molecular weight excluding hydrogens is 296 g/mol. The monoisotopic (exact) mass is 316 g/mol. The molecule has 2 heterocycles. The summed E-state index contributed by atoms with van der Waals surface area (Å²) in [6, 6.07) is 5.69. The molecular formula is C17H20N2O4. The minimum absolute atomic E-state index is 0.0143. The number of nitrogens with zero attached hydrogens (tertiary/aromatic N) is 1. The zero-order chi connectivity index (χ0) is 16.6. The Kier molecular flexibility index (Phi) is 3.98. The number of benzene rings is 1. The van der Waals surface area contributed by atoms with Gasteiger partial charge in [-0.05, 0) is 29.7 Å². The molecule has 2 atom stereocenters. The van der Waals surface area contributed by atoms with Crippen LogP contribution in [0.25, 0.3) is 10.9 Å². The molecule has 1 aromatic carbocycles. The second-order valence-corrected chi connectivity index (χ2v) is 6.12. The summed E-state index contributed by atoms with van der Waals surface area (Å²) in [5.74, 6) is -0.609. The number of ether oxygens (including phenoxy) is 1. The Balaban J connectivity index is 1.77. The number of carboxylic acids is 1. The van der Waals surface area contributed by atoms with Crippen LogP contribution in [0.15, 0.2) is 24.4 Å². The van der Waals surface area contributed by atoms with Crippen LogP contribution in [0.2, 0.25) is 0 Å². The quantitative estimate of drug-likeness (QED) is 0.902. The normalized spacial score (nSPS) is 20.9. The first-order chi connectivity index (χ1) is 11.0. The number of likely N-dealkylation sites (tertiary alicyclic amines) is 1. The van der Waals surface area contributed by atoms with E-state index in [2.05, 4.69) is 4.98 Å². The molecule has 6 heteroatoms. The number of hydrogen-bond donors (Lipinski definition) is 2. The Labute approximate surface area is 134 Å². The van der Waals surface area contributed by atoms with E-state index in [1.54, 1.807) is 12.0 Å². The van der Waals surface area contributed by atoms with Crippen LogP contribution in [-0.2, 0) is 16.0 Å². The summed E-state index contributed by atoms with van der Waals surface area (Å²) in [6.45, 7) is 2.67. The maximum Gasteiger partial charge on any atom is 0.308 e. The first-order valence-electron chi connectivity index (χ1n) is 7.64. The summed E-state index contributed by atoms with van der Waals surface area (Å²) in [6.07, 6.45) is 2.09. The van der Waals surface area contributed by atoms with Gasteiger partial charge in [0.2, 0.25) is 5.91 Å². The molecule has 1 aromatic heterocycles. The summed E-state index contributed by atoms with van der Waals surface area (Å²) >= 11 is 0. The third kappa shape index (κ3) is 2.88. The molecule has 1 amide bonds. The molecule has 1 aliphatic heterocycles. The predicted molar refractivity (Wildman–Crippen MR) is 85.4 cm³/mol. The van der Waals surface area contributed by atoms with Crippen LogP contribution < -0.4 is 4.74 Å². The molecule has 1 aliphatic rings. The van der Waals surface area contributed by atoms with E-state index >= 15 is 0 Å². The van der Waals surface area contributed by atoms with Gasteiger partial charge in [-0.1, -0.05) is 6.92 Å². The van der Waals surface area contributed by atoms with Crippen LogP contribution in [0, 0.1) is 11.8 Å². The summed E-state index contributed by atoms with van der Waals surface area (Å²) in [7, 11) is 1.61. The van der Waals surface area contributed by atoms with Gasteiger partial charge in [-0.25, -0.2) is 0 Å². The minimum atomic E-state index is -0.829. The van der Waals surface area contributed by atoms with Gasteiger partial charge in [-0.2, -0.15) is 0 Å². The fourth-order valence-corrected chi connectivity index (χ4v) is 3.20.